The highest BCUT2D eigenvalue weighted by molar-refractivity contribution is 6.02. The van der Waals surface area contributed by atoms with Gasteiger partial charge in [0, 0.05) is 12.5 Å². The molecule has 2 unspecified atom stereocenters. The first-order chi connectivity index (χ1) is 7.54. The predicted molar refractivity (Wildman–Crippen MR) is 58.9 cm³/mol. The van der Waals surface area contributed by atoms with E-state index in [1.165, 1.54) is 6.07 Å². The number of rotatable bonds is 2. The zero-order chi connectivity index (χ0) is 11.9. The van der Waals surface area contributed by atoms with Crippen molar-refractivity contribution in [2.24, 2.45) is 0 Å². The first-order valence-electron chi connectivity index (χ1n) is 5.29. The summed E-state index contributed by atoms with van der Waals surface area (Å²) >= 11 is 0. The molecule has 1 heterocycles. The molecule has 16 heavy (non-hydrogen) atoms. The third-order valence-electron chi connectivity index (χ3n) is 3.09. The lowest BCUT2D eigenvalue weighted by Crippen LogP contribution is -2.08. The fourth-order valence-corrected chi connectivity index (χ4v) is 1.89. The van der Waals surface area contributed by atoms with Crippen molar-refractivity contribution >= 4 is 11.6 Å². The van der Waals surface area contributed by atoms with Crippen molar-refractivity contribution in [3.05, 3.63) is 29.1 Å². The van der Waals surface area contributed by atoms with E-state index in [1.54, 1.807) is 13.0 Å². The molecular formula is C12H14FNO2. The largest absolute Gasteiger partial charge is 0.396 e. The van der Waals surface area contributed by atoms with Crippen molar-refractivity contribution in [1.29, 1.82) is 0 Å². The van der Waals surface area contributed by atoms with Gasteiger partial charge in [-0.2, -0.15) is 0 Å². The molecule has 1 aromatic carbocycles. The molecule has 4 heteroatoms. The summed E-state index contributed by atoms with van der Waals surface area (Å²) < 4.78 is 13.7. The average Bonchev–Trinajstić information content (AvgIpc) is 2.56. The van der Waals surface area contributed by atoms with Crippen LogP contribution in [-0.2, 0) is 4.79 Å². The van der Waals surface area contributed by atoms with Crippen molar-refractivity contribution in [3.63, 3.8) is 0 Å². The van der Waals surface area contributed by atoms with Gasteiger partial charge in [0.2, 0.25) is 5.91 Å². The molecular weight excluding hydrogens is 209 g/mol. The number of halogens is 1. The predicted octanol–water partition coefficient (Wildman–Crippen LogP) is 1.98. The number of fused-ring (bicyclic) bond motifs is 1. The van der Waals surface area contributed by atoms with Crippen molar-refractivity contribution in [2.75, 3.05) is 11.9 Å². The minimum Gasteiger partial charge on any atom is -0.396 e. The Morgan fingerprint density at radius 3 is 2.88 bits per heavy atom. The second-order valence-electron chi connectivity index (χ2n) is 4.26. The van der Waals surface area contributed by atoms with Crippen molar-refractivity contribution in [2.45, 2.75) is 25.7 Å². The van der Waals surface area contributed by atoms with Gasteiger partial charge in [-0.1, -0.05) is 13.0 Å². The second-order valence-corrected chi connectivity index (χ2v) is 4.26. The molecule has 0 spiro atoms. The van der Waals surface area contributed by atoms with Crippen LogP contribution in [0.15, 0.2) is 12.1 Å². The number of hydrogen-bond acceptors (Lipinski definition) is 2. The van der Waals surface area contributed by atoms with Gasteiger partial charge in [0.25, 0.3) is 0 Å². The molecule has 1 aromatic rings. The number of benzene rings is 1. The zero-order valence-corrected chi connectivity index (χ0v) is 9.25. The third-order valence-corrected chi connectivity index (χ3v) is 3.09. The maximum atomic E-state index is 13.7. The average molecular weight is 223 g/mol. The monoisotopic (exact) mass is 223 g/mol. The molecule has 0 aromatic heterocycles. The SMILES string of the molecule is CC(CO)c1cc(F)c2c(c1)C(C)C(=O)N2. The van der Waals surface area contributed by atoms with Crippen LogP contribution in [0.4, 0.5) is 10.1 Å². The fourth-order valence-electron chi connectivity index (χ4n) is 1.89. The summed E-state index contributed by atoms with van der Waals surface area (Å²) in [7, 11) is 0. The standard InChI is InChI=1S/C12H14FNO2/c1-6(5-15)8-3-9-7(2)12(16)14-11(9)10(13)4-8/h3-4,6-7,15H,5H2,1-2H3,(H,14,16). The lowest BCUT2D eigenvalue weighted by Gasteiger charge is -2.11. The Bertz CT molecular complexity index is 445. The first-order valence-corrected chi connectivity index (χ1v) is 5.29. The van der Waals surface area contributed by atoms with Gasteiger partial charge in [0.15, 0.2) is 0 Å². The van der Waals surface area contributed by atoms with Gasteiger partial charge >= 0.3 is 0 Å². The molecule has 2 N–H and O–H groups in total. The summed E-state index contributed by atoms with van der Waals surface area (Å²) in [5, 5.41) is 11.6. The molecule has 0 saturated carbocycles. The Balaban J connectivity index is 2.50. The molecule has 3 nitrogen and oxygen atoms in total. The molecule has 0 bridgehead atoms. The minimum atomic E-state index is -0.425. The van der Waals surface area contributed by atoms with E-state index in [0.29, 0.717) is 5.56 Å². The van der Waals surface area contributed by atoms with Crippen LogP contribution in [-0.4, -0.2) is 17.6 Å². The Labute approximate surface area is 93.3 Å². The molecule has 1 aliphatic rings. The number of carbonyl (C=O) groups is 1. The fraction of sp³-hybridized carbons (Fsp3) is 0.417. The van der Waals surface area contributed by atoms with E-state index < -0.39 is 5.82 Å². The lowest BCUT2D eigenvalue weighted by atomic mass is 9.95. The number of nitrogens with one attached hydrogen (secondary N) is 1. The lowest BCUT2D eigenvalue weighted by molar-refractivity contribution is -0.116. The number of amides is 1. The summed E-state index contributed by atoms with van der Waals surface area (Å²) in [6, 6.07) is 3.17. The zero-order valence-electron chi connectivity index (χ0n) is 9.25. The van der Waals surface area contributed by atoms with Gasteiger partial charge in [-0.05, 0) is 24.1 Å². The number of carbonyl (C=O) groups excluding carboxylic acids is 1. The summed E-state index contributed by atoms with van der Waals surface area (Å²) in [5.74, 6) is -1.05. The topological polar surface area (TPSA) is 49.3 Å². The normalized spacial score (nSPS) is 20.5. The molecule has 1 aliphatic heterocycles. The van der Waals surface area contributed by atoms with Crippen LogP contribution in [0.1, 0.15) is 36.8 Å². The Morgan fingerprint density at radius 2 is 2.25 bits per heavy atom. The van der Waals surface area contributed by atoms with E-state index >= 15 is 0 Å². The van der Waals surface area contributed by atoms with E-state index in [2.05, 4.69) is 5.32 Å². The van der Waals surface area contributed by atoms with Gasteiger partial charge in [-0.3, -0.25) is 4.79 Å². The first kappa shape index (κ1) is 11.1. The molecule has 2 rings (SSSR count). The van der Waals surface area contributed by atoms with Crippen LogP contribution < -0.4 is 5.32 Å². The molecule has 0 aliphatic carbocycles. The van der Waals surface area contributed by atoms with Crippen molar-refractivity contribution < 1.29 is 14.3 Å². The van der Waals surface area contributed by atoms with Crippen LogP contribution >= 0.6 is 0 Å². The summed E-state index contributed by atoms with van der Waals surface area (Å²) in [6.45, 7) is 3.53. The van der Waals surface area contributed by atoms with Crippen molar-refractivity contribution in [1.82, 2.24) is 0 Å². The van der Waals surface area contributed by atoms with Gasteiger partial charge < -0.3 is 10.4 Å². The van der Waals surface area contributed by atoms with E-state index in [-0.39, 0.29) is 30.0 Å². The smallest absolute Gasteiger partial charge is 0.231 e. The number of aliphatic hydroxyl groups excluding tert-OH is 1. The molecule has 2 atom stereocenters. The maximum absolute atomic E-state index is 13.7. The molecule has 0 fully saturated rings. The van der Waals surface area contributed by atoms with Crippen molar-refractivity contribution in [3.8, 4) is 0 Å². The van der Waals surface area contributed by atoms with E-state index in [1.807, 2.05) is 6.92 Å². The van der Waals surface area contributed by atoms with Gasteiger partial charge in [0.05, 0.1) is 11.6 Å². The molecule has 0 radical (unpaired) electrons. The van der Waals surface area contributed by atoms with Gasteiger partial charge in [-0.25, -0.2) is 4.39 Å². The van der Waals surface area contributed by atoms with Crippen LogP contribution in [0.5, 0.6) is 0 Å². The minimum absolute atomic E-state index is 0.0337. The summed E-state index contributed by atoms with van der Waals surface area (Å²) in [4.78, 5) is 11.4. The van der Waals surface area contributed by atoms with Crippen LogP contribution in [0.25, 0.3) is 0 Å². The maximum Gasteiger partial charge on any atom is 0.231 e. The van der Waals surface area contributed by atoms with E-state index in [4.69, 9.17) is 5.11 Å². The van der Waals surface area contributed by atoms with Gasteiger partial charge in [-0.15, -0.1) is 0 Å². The third kappa shape index (κ3) is 1.59. The summed E-state index contributed by atoms with van der Waals surface area (Å²) in [5.41, 5.74) is 1.69. The van der Waals surface area contributed by atoms with E-state index in [9.17, 15) is 9.18 Å². The highest BCUT2D eigenvalue weighted by Gasteiger charge is 2.29. The number of anilines is 1. The Kier molecular flexibility index (Phi) is 2.68. The molecule has 0 saturated heterocycles. The van der Waals surface area contributed by atoms with Crippen LogP contribution in [0.2, 0.25) is 0 Å². The van der Waals surface area contributed by atoms with Crippen LogP contribution in [0, 0.1) is 5.82 Å². The number of aliphatic hydroxyl groups is 1. The Hall–Kier alpha value is -1.42. The van der Waals surface area contributed by atoms with Crippen LogP contribution in [0.3, 0.4) is 0 Å². The van der Waals surface area contributed by atoms with E-state index in [0.717, 1.165) is 5.56 Å². The Morgan fingerprint density at radius 1 is 1.56 bits per heavy atom. The summed E-state index contributed by atoms with van der Waals surface area (Å²) in [6.07, 6.45) is 0. The second kappa shape index (κ2) is 3.87. The molecule has 1 amide bonds. The number of hydrogen-bond donors (Lipinski definition) is 2. The highest BCUT2D eigenvalue weighted by atomic mass is 19.1. The highest BCUT2D eigenvalue weighted by Crippen LogP contribution is 2.36. The van der Waals surface area contributed by atoms with Gasteiger partial charge in [0.1, 0.15) is 5.82 Å². The molecule has 86 valence electrons. The quantitative estimate of drug-likeness (QED) is 0.805.